The van der Waals surface area contributed by atoms with Gasteiger partial charge in [0.2, 0.25) is 12.2 Å². The Balaban J connectivity index is 3.15. The Labute approximate surface area is 69.9 Å². The maximum Gasteiger partial charge on any atom is 0.230 e. The van der Waals surface area contributed by atoms with Gasteiger partial charge in [-0.15, -0.1) is 0 Å². The number of hydrogen-bond donors (Lipinski definition) is 0. The van der Waals surface area contributed by atoms with Crippen LogP contribution in [0.3, 0.4) is 0 Å². The molecule has 0 aliphatic rings. The lowest BCUT2D eigenvalue weighted by molar-refractivity contribution is 0.628. The average molecular weight is 160 g/mol. The molecule has 12 heavy (non-hydrogen) atoms. The van der Waals surface area contributed by atoms with Crippen molar-refractivity contribution in [2.24, 2.45) is 0 Å². The van der Waals surface area contributed by atoms with E-state index in [1.807, 2.05) is 0 Å². The van der Waals surface area contributed by atoms with Crippen LogP contribution in [0.1, 0.15) is 5.56 Å². The molecule has 0 aromatic heterocycles. The van der Waals surface area contributed by atoms with E-state index in [4.69, 9.17) is 13.1 Å². The molecule has 0 aliphatic carbocycles. The van der Waals surface area contributed by atoms with Gasteiger partial charge >= 0.3 is 0 Å². The summed E-state index contributed by atoms with van der Waals surface area (Å²) in [5, 5.41) is 0. The van der Waals surface area contributed by atoms with Crippen molar-refractivity contribution in [3.8, 4) is 0 Å². The zero-order valence-electron chi connectivity index (χ0n) is 6.21. The summed E-state index contributed by atoms with van der Waals surface area (Å²) in [4.78, 5) is 6.25. The van der Waals surface area contributed by atoms with Crippen LogP contribution in [0.15, 0.2) is 18.2 Å². The molecule has 0 amide bonds. The summed E-state index contributed by atoms with van der Waals surface area (Å²) < 4.78 is 12.6. The van der Waals surface area contributed by atoms with Crippen molar-refractivity contribution in [1.82, 2.24) is 0 Å². The molecular formula is C9H5FN2. The molecule has 1 aromatic carbocycles. The summed E-state index contributed by atoms with van der Waals surface area (Å²) in [5.74, 6) is -0.435. The topological polar surface area (TPSA) is 8.72 Å². The highest BCUT2D eigenvalue weighted by Gasteiger charge is 2.04. The van der Waals surface area contributed by atoms with E-state index < -0.39 is 5.82 Å². The van der Waals surface area contributed by atoms with Crippen molar-refractivity contribution in [2.45, 2.75) is 6.54 Å². The van der Waals surface area contributed by atoms with Gasteiger partial charge in [-0.25, -0.2) is 15.8 Å². The second-order valence-corrected chi connectivity index (χ2v) is 2.20. The summed E-state index contributed by atoms with van der Waals surface area (Å²) in [6.07, 6.45) is 0. The second kappa shape index (κ2) is 3.50. The van der Waals surface area contributed by atoms with Gasteiger partial charge in [-0.1, -0.05) is 6.07 Å². The van der Waals surface area contributed by atoms with Crippen LogP contribution in [-0.2, 0) is 6.54 Å². The van der Waals surface area contributed by atoms with Crippen LogP contribution in [0.5, 0.6) is 0 Å². The molecular weight excluding hydrogens is 155 g/mol. The highest BCUT2D eigenvalue weighted by molar-refractivity contribution is 5.52. The number of halogens is 1. The molecule has 0 unspecified atom stereocenters. The minimum absolute atomic E-state index is 0.137. The standard InChI is InChI=1S/C9H5FN2/c1-11-6-7-3-4-8(10)5-9(7)12-2/h3-5H,6H2. The number of hydrogen-bond acceptors (Lipinski definition) is 0. The van der Waals surface area contributed by atoms with E-state index in [0.717, 1.165) is 6.07 Å². The van der Waals surface area contributed by atoms with Gasteiger partial charge in [0.1, 0.15) is 5.82 Å². The van der Waals surface area contributed by atoms with E-state index in [1.165, 1.54) is 12.1 Å². The molecule has 0 bridgehead atoms. The van der Waals surface area contributed by atoms with Gasteiger partial charge in [-0.05, 0) is 12.1 Å². The fourth-order valence-corrected chi connectivity index (χ4v) is 0.860. The van der Waals surface area contributed by atoms with Gasteiger partial charge in [-0.3, -0.25) is 0 Å². The number of rotatable bonds is 1. The molecule has 0 heterocycles. The Bertz CT molecular complexity index is 371. The zero-order valence-corrected chi connectivity index (χ0v) is 6.21. The van der Waals surface area contributed by atoms with E-state index in [1.54, 1.807) is 0 Å². The van der Waals surface area contributed by atoms with E-state index in [9.17, 15) is 4.39 Å². The third-order valence-corrected chi connectivity index (χ3v) is 1.42. The first-order valence-electron chi connectivity index (χ1n) is 3.27. The van der Waals surface area contributed by atoms with Crippen LogP contribution in [0.4, 0.5) is 10.1 Å². The Morgan fingerprint density at radius 2 is 2.08 bits per heavy atom. The monoisotopic (exact) mass is 160 g/mol. The summed E-state index contributed by atoms with van der Waals surface area (Å²) >= 11 is 0. The smallest absolute Gasteiger partial charge is 0.230 e. The first kappa shape index (κ1) is 8.23. The van der Waals surface area contributed by atoms with Crippen LogP contribution < -0.4 is 0 Å². The van der Waals surface area contributed by atoms with Crippen molar-refractivity contribution in [2.75, 3.05) is 0 Å². The lowest BCUT2D eigenvalue weighted by Gasteiger charge is -1.95. The maximum absolute atomic E-state index is 12.6. The first-order valence-corrected chi connectivity index (χ1v) is 3.27. The Hall–Kier alpha value is -1.87. The van der Waals surface area contributed by atoms with Crippen LogP contribution >= 0.6 is 0 Å². The molecule has 2 nitrogen and oxygen atoms in total. The largest absolute Gasteiger partial charge is 0.313 e. The Morgan fingerprint density at radius 1 is 1.33 bits per heavy atom. The molecule has 58 valence electrons. The van der Waals surface area contributed by atoms with E-state index >= 15 is 0 Å². The molecule has 0 radical (unpaired) electrons. The predicted octanol–water partition coefficient (Wildman–Crippen LogP) is 2.80. The predicted molar refractivity (Wildman–Crippen MR) is 43.0 cm³/mol. The number of benzene rings is 1. The molecule has 1 aromatic rings. The normalized spacial score (nSPS) is 8.58. The van der Waals surface area contributed by atoms with Gasteiger partial charge < -0.3 is 4.85 Å². The second-order valence-electron chi connectivity index (χ2n) is 2.20. The molecule has 0 fully saturated rings. The van der Waals surface area contributed by atoms with Gasteiger partial charge in [0, 0.05) is 5.56 Å². The average Bonchev–Trinajstić information content (AvgIpc) is 2.08. The van der Waals surface area contributed by atoms with Crippen molar-refractivity contribution in [3.63, 3.8) is 0 Å². The SMILES string of the molecule is [C-]#[N+]Cc1ccc(F)cc1[N+]#[C-]. The lowest BCUT2D eigenvalue weighted by atomic mass is 10.2. The molecule has 0 spiro atoms. The van der Waals surface area contributed by atoms with Gasteiger partial charge in [0.25, 0.3) is 0 Å². The fraction of sp³-hybridized carbons (Fsp3) is 0.111. The molecule has 0 atom stereocenters. The zero-order chi connectivity index (χ0) is 8.97. The van der Waals surface area contributed by atoms with Crippen LogP contribution in [-0.4, -0.2) is 0 Å². The quantitative estimate of drug-likeness (QED) is 0.558. The molecule has 0 saturated carbocycles. The minimum atomic E-state index is -0.435. The minimum Gasteiger partial charge on any atom is -0.313 e. The lowest BCUT2D eigenvalue weighted by Crippen LogP contribution is -1.81. The molecule has 0 saturated heterocycles. The molecule has 0 N–H and O–H groups in total. The number of nitrogens with zero attached hydrogens (tertiary/aromatic N) is 2. The molecule has 0 aliphatic heterocycles. The molecule has 1 rings (SSSR count). The summed E-state index contributed by atoms with van der Waals surface area (Å²) in [6.45, 7) is 13.4. The Kier molecular flexibility index (Phi) is 2.40. The van der Waals surface area contributed by atoms with Crippen LogP contribution in [0.2, 0.25) is 0 Å². The van der Waals surface area contributed by atoms with Crippen molar-refractivity contribution in [1.29, 1.82) is 0 Å². The highest BCUT2D eigenvalue weighted by Crippen LogP contribution is 2.20. The Morgan fingerprint density at radius 3 is 2.67 bits per heavy atom. The van der Waals surface area contributed by atoms with E-state index in [0.29, 0.717) is 5.56 Å². The maximum atomic E-state index is 12.6. The first-order chi connectivity index (χ1) is 5.77. The van der Waals surface area contributed by atoms with E-state index in [2.05, 4.69) is 9.69 Å². The summed E-state index contributed by atoms with van der Waals surface area (Å²) in [5.41, 5.74) is 0.812. The van der Waals surface area contributed by atoms with Crippen LogP contribution in [0.25, 0.3) is 9.69 Å². The fourth-order valence-electron chi connectivity index (χ4n) is 0.860. The third-order valence-electron chi connectivity index (χ3n) is 1.42. The van der Waals surface area contributed by atoms with E-state index in [-0.39, 0.29) is 12.2 Å². The van der Waals surface area contributed by atoms with Gasteiger partial charge in [0.15, 0.2) is 0 Å². The summed E-state index contributed by atoms with van der Waals surface area (Å²) in [6, 6.07) is 3.88. The van der Waals surface area contributed by atoms with Crippen LogP contribution in [0, 0.1) is 19.0 Å². The summed E-state index contributed by atoms with van der Waals surface area (Å²) in [7, 11) is 0. The van der Waals surface area contributed by atoms with Crippen molar-refractivity contribution < 1.29 is 4.39 Å². The third kappa shape index (κ3) is 1.59. The van der Waals surface area contributed by atoms with Crippen molar-refractivity contribution in [3.05, 3.63) is 52.4 Å². The van der Waals surface area contributed by atoms with Crippen molar-refractivity contribution >= 4 is 5.69 Å². The molecule has 3 heteroatoms. The van der Waals surface area contributed by atoms with Gasteiger partial charge in [0.05, 0.1) is 6.57 Å². The van der Waals surface area contributed by atoms with Gasteiger partial charge in [-0.2, -0.15) is 0 Å². The highest BCUT2D eigenvalue weighted by atomic mass is 19.1.